The Morgan fingerprint density at radius 3 is 2.58 bits per heavy atom. The van der Waals surface area contributed by atoms with E-state index in [1.807, 2.05) is 0 Å². The Bertz CT molecular complexity index is 211. The molecule has 0 spiro atoms. The summed E-state index contributed by atoms with van der Waals surface area (Å²) in [7, 11) is 0. The molecule has 12 heavy (non-hydrogen) atoms. The van der Waals surface area contributed by atoms with Gasteiger partial charge < -0.3 is 5.73 Å². The normalized spacial score (nSPS) is 18.8. The molecule has 0 atom stereocenters. The first kappa shape index (κ1) is 9.58. The van der Waals surface area contributed by atoms with Crippen LogP contribution >= 0.6 is 11.8 Å². The smallest absolute Gasteiger partial charge is 0.218 e. The minimum Gasteiger partial charge on any atom is -0.370 e. The predicted octanol–water partition coefficient (Wildman–Crippen LogP) is 1.37. The summed E-state index contributed by atoms with van der Waals surface area (Å²) in [5.74, 6) is 0.668. The second-order valence-electron chi connectivity index (χ2n) is 3.49. The highest BCUT2D eigenvalue weighted by Gasteiger charge is 2.43. The van der Waals surface area contributed by atoms with E-state index in [4.69, 9.17) is 11.1 Å². The molecular formula is C8H14N2OS. The lowest BCUT2D eigenvalue weighted by Gasteiger charge is -2.10. The van der Waals surface area contributed by atoms with Crippen LogP contribution in [0.2, 0.25) is 0 Å². The monoisotopic (exact) mass is 186 g/mol. The molecule has 0 bridgehead atoms. The van der Waals surface area contributed by atoms with Crippen molar-refractivity contribution >= 4 is 22.7 Å². The van der Waals surface area contributed by atoms with Gasteiger partial charge in [-0.25, -0.2) is 0 Å². The highest BCUT2D eigenvalue weighted by atomic mass is 32.2. The van der Waals surface area contributed by atoms with E-state index in [9.17, 15) is 4.79 Å². The average molecular weight is 186 g/mol. The van der Waals surface area contributed by atoms with Crippen LogP contribution in [0.5, 0.6) is 0 Å². The number of carbonyl (C=O) groups is 1. The summed E-state index contributed by atoms with van der Waals surface area (Å²) in [6, 6.07) is 0. The van der Waals surface area contributed by atoms with Gasteiger partial charge in [0.1, 0.15) is 0 Å². The van der Waals surface area contributed by atoms with Crippen LogP contribution in [0.15, 0.2) is 0 Å². The fourth-order valence-electron chi connectivity index (χ4n) is 1.18. The molecule has 1 amide bonds. The molecule has 1 saturated carbocycles. The molecule has 1 aliphatic carbocycles. The molecule has 0 unspecified atom stereocenters. The van der Waals surface area contributed by atoms with Crippen molar-refractivity contribution in [1.82, 2.24) is 0 Å². The lowest BCUT2D eigenvalue weighted by molar-refractivity contribution is -0.119. The number of amides is 1. The van der Waals surface area contributed by atoms with Gasteiger partial charge in [-0.3, -0.25) is 10.2 Å². The van der Waals surface area contributed by atoms with Crippen molar-refractivity contribution in [1.29, 1.82) is 5.41 Å². The molecule has 68 valence electrons. The molecule has 0 saturated heterocycles. The lowest BCUT2D eigenvalue weighted by atomic mass is 10.1. The van der Waals surface area contributed by atoms with Gasteiger partial charge in [0.15, 0.2) is 0 Å². The maximum absolute atomic E-state index is 10.7. The van der Waals surface area contributed by atoms with Crippen molar-refractivity contribution in [2.45, 2.75) is 26.2 Å². The molecule has 4 heteroatoms. The summed E-state index contributed by atoms with van der Waals surface area (Å²) >= 11 is 1.52. The average Bonchev–Trinajstić information content (AvgIpc) is 2.64. The third-order valence-corrected chi connectivity index (χ3v) is 3.29. The molecule has 0 heterocycles. The Balaban J connectivity index is 2.30. The first-order valence-electron chi connectivity index (χ1n) is 4.00. The topological polar surface area (TPSA) is 66.9 Å². The summed E-state index contributed by atoms with van der Waals surface area (Å²) in [5.41, 5.74) is 5.27. The zero-order valence-electron chi connectivity index (χ0n) is 7.22. The summed E-state index contributed by atoms with van der Waals surface area (Å²) in [5, 5.41) is 7.85. The number of carbonyl (C=O) groups excluding carboxylic acids is 1. The summed E-state index contributed by atoms with van der Waals surface area (Å²) < 4.78 is 0. The van der Waals surface area contributed by atoms with Crippen LogP contribution in [-0.4, -0.2) is 16.7 Å². The molecule has 1 fully saturated rings. The van der Waals surface area contributed by atoms with Crippen LogP contribution in [0, 0.1) is 10.8 Å². The Kier molecular flexibility index (Phi) is 2.77. The largest absolute Gasteiger partial charge is 0.370 e. The van der Waals surface area contributed by atoms with Gasteiger partial charge in [-0.2, -0.15) is 0 Å². The van der Waals surface area contributed by atoms with Gasteiger partial charge in [-0.1, -0.05) is 0 Å². The fraction of sp³-hybridized carbons (Fsp3) is 0.750. The number of hydrogen-bond donors (Lipinski definition) is 2. The van der Waals surface area contributed by atoms with E-state index in [0.29, 0.717) is 11.5 Å². The summed E-state index contributed by atoms with van der Waals surface area (Å²) in [6.45, 7) is 1.77. The van der Waals surface area contributed by atoms with Gasteiger partial charge >= 0.3 is 0 Å². The highest BCUT2D eigenvalue weighted by molar-refractivity contribution is 8.13. The number of thioether (sulfide) groups is 1. The van der Waals surface area contributed by atoms with Crippen LogP contribution in [0.25, 0.3) is 0 Å². The molecule has 1 rings (SSSR count). The number of nitrogens with two attached hydrogens (primary N) is 1. The van der Waals surface area contributed by atoms with Crippen LogP contribution < -0.4 is 5.73 Å². The van der Waals surface area contributed by atoms with Crippen molar-refractivity contribution < 1.29 is 4.79 Å². The molecule has 1 aliphatic rings. The van der Waals surface area contributed by atoms with E-state index in [0.717, 1.165) is 18.6 Å². The molecular weight excluding hydrogens is 172 g/mol. The SMILES string of the molecule is CC(=N)SCC1(CC(N)=O)CC1. The van der Waals surface area contributed by atoms with Crippen LogP contribution in [0.4, 0.5) is 0 Å². The van der Waals surface area contributed by atoms with Gasteiger partial charge in [0.25, 0.3) is 0 Å². The number of nitrogens with one attached hydrogen (secondary N) is 1. The van der Waals surface area contributed by atoms with Gasteiger partial charge in [0.2, 0.25) is 5.91 Å². The quantitative estimate of drug-likeness (QED) is 0.514. The zero-order chi connectivity index (χ0) is 9.19. The van der Waals surface area contributed by atoms with Crippen LogP contribution in [0.3, 0.4) is 0 Å². The molecule has 0 aromatic rings. The van der Waals surface area contributed by atoms with E-state index in [2.05, 4.69) is 0 Å². The van der Waals surface area contributed by atoms with E-state index >= 15 is 0 Å². The van der Waals surface area contributed by atoms with Crippen molar-refractivity contribution in [3.05, 3.63) is 0 Å². The van der Waals surface area contributed by atoms with Crippen LogP contribution in [0.1, 0.15) is 26.2 Å². The summed E-state index contributed by atoms with van der Waals surface area (Å²) in [4.78, 5) is 10.7. The second-order valence-corrected chi connectivity index (χ2v) is 4.68. The summed E-state index contributed by atoms with van der Waals surface area (Å²) in [6.07, 6.45) is 2.68. The Morgan fingerprint density at radius 2 is 2.25 bits per heavy atom. The first-order valence-corrected chi connectivity index (χ1v) is 4.99. The van der Waals surface area contributed by atoms with Crippen molar-refractivity contribution in [2.24, 2.45) is 11.1 Å². The maximum atomic E-state index is 10.7. The van der Waals surface area contributed by atoms with E-state index in [-0.39, 0.29) is 11.3 Å². The molecule has 0 radical (unpaired) electrons. The van der Waals surface area contributed by atoms with Crippen LogP contribution in [-0.2, 0) is 4.79 Å². The van der Waals surface area contributed by atoms with Crippen molar-refractivity contribution in [3.8, 4) is 0 Å². The van der Waals surface area contributed by atoms with E-state index in [1.165, 1.54) is 11.8 Å². The van der Waals surface area contributed by atoms with Gasteiger partial charge in [0, 0.05) is 12.2 Å². The highest BCUT2D eigenvalue weighted by Crippen LogP contribution is 2.50. The van der Waals surface area contributed by atoms with E-state index in [1.54, 1.807) is 6.92 Å². The second kappa shape index (κ2) is 3.47. The molecule has 0 aliphatic heterocycles. The Labute approximate surface area is 76.6 Å². The van der Waals surface area contributed by atoms with Gasteiger partial charge in [-0.05, 0) is 25.2 Å². The van der Waals surface area contributed by atoms with E-state index < -0.39 is 0 Å². The fourth-order valence-corrected chi connectivity index (χ4v) is 2.09. The molecule has 3 N–H and O–H groups in total. The third kappa shape index (κ3) is 2.85. The standard InChI is InChI=1S/C8H14N2OS/c1-6(9)12-5-8(2-3-8)4-7(10)11/h9H,2-5H2,1H3,(H2,10,11). The first-order chi connectivity index (χ1) is 5.54. The van der Waals surface area contributed by atoms with Gasteiger partial charge in [0.05, 0.1) is 5.04 Å². The van der Waals surface area contributed by atoms with Gasteiger partial charge in [-0.15, -0.1) is 11.8 Å². The minimum atomic E-state index is -0.212. The minimum absolute atomic E-state index is 0.152. The maximum Gasteiger partial charge on any atom is 0.218 e. The lowest BCUT2D eigenvalue weighted by Crippen LogP contribution is -2.19. The van der Waals surface area contributed by atoms with Crippen molar-refractivity contribution in [2.75, 3.05) is 5.75 Å². The Hall–Kier alpha value is -0.510. The van der Waals surface area contributed by atoms with Crippen molar-refractivity contribution in [3.63, 3.8) is 0 Å². The molecule has 0 aromatic carbocycles. The molecule has 0 aromatic heterocycles. The number of primary amides is 1. The predicted molar refractivity (Wildman–Crippen MR) is 51.3 cm³/mol. The molecule has 3 nitrogen and oxygen atoms in total. The third-order valence-electron chi connectivity index (χ3n) is 2.10. The Morgan fingerprint density at radius 1 is 1.67 bits per heavy atom. The number of rotatable bonds is 4. The number of hydrogen-bond acceptors (Lipinski definition) is 3. The zero-order valence-corrected chi connectivity index (χ0v) is 8.04.